The van der Waals surface area contributed by atoms with E-state index in [1.54, 1.807) is 0 Å². The van der Waals surface area contributed by atoms with Gasteiger partial charge in [-0.05, 0) is 56.6 Å². The Morgan fingerprint density at radius 1 is 1.03 bits per heavy atom. The summed E-state index contributed by atoms with van der Waals surface area (Å²) in [5.41, 5.74) is 2.41. The van der Waals surface area contributed by atoms with E-state index in [0.29, 0.717) is 19.5 Å². The zero-order valence-electron chi connectivity index (χ0n) is 18.4. The van der Waals surface area contributed by atoms with Crippen LogP contribution >= 0.6 is 0 Å². The van der Waals surface area contributed by atoms with Crippen LogP contribution in [-0.2, 0) is 27.7 Å². The molecule has 31 heavy (non-hydrogen) atoms. The van der Waals surface area contributed by atoms with Crippen LogP contribution in [0.5, 0.6) is 0 Å². The van der Waals surface area contributed by atoms with E-state index in [-0.39, 0.29) is 23.6 Å². The Bertz CT molecular complexity index is 916. The molecule has 6 heteroatoms. The Morgan fingerprint density at radius 2 is 1.65 bits per heavy atom. The normalized spacial score (nSPS) is 18.4. The van der Waals surface area contributed by atoms with Crippen LogP contribution in [-0.4, -0.2) is 43.5 Å². The predicted molar refractivity (Wildman–Crippen MR) is 125 cm³/mol. The number of amides is 1. The molecule has 0 aliphatic carbocycles. The molecule has 1 aliphatic heterocycles. The van der Waals surface area contributed by atoms with Crippen LogP contribution < -0.4 is 5.32 Å². The lowest BCUT2D eigenvalue weighted by Crippen LogP contribution is -2.47. The van der Waals surface area contributed by atoms with E-state index >= 15 is 0 Å². The molecule has 1 saturated heterocycles. The summed E-state index contributed by atoms with van der Waals surface area (Å²) < 4.78 is 27.2. The van der Waals surface area contributed by atoms with Gasteiger partial charge < -0.3 is 5.32 Å². The highest BCUT2D eigenvalue weighted by Crippen LogP contribution is 2.21. The number of nitrogens with zero attached hydrogens (tertiary/aromatic N) is 1. The van der Waals surface area contributed by atoms with Crippen LogP contribution in [0.1, 0.15) is 43.7 Å². The van der Waals surface area contributed by atoms with Crippen LogP contribution in [0.2, 0.25) is 0 Å². The van der Waals surface area contributed by atoms with Crippen molar-refractivity contribution >= 4 is 15.9 Å². The third kappa shape index (κ3) is 7.47. The first-order valence-corrected chi connectivity index (χ1v) is 12.9. The molecule has 0 radical (unpaired) electrons. The Kier molecular flexibility index (Phi) is 8.67. The zero-order valence-corrected chi connectivity index (χ0v) is 19.2. The van der Waals surface area contributed by atoms with Gasteiger partial charge in [0.25, 0.3) is 0 Å². The van der Waals surface area contributed by atoms with Gasteiger partial charge in [0.1, 0.15) is 0 Å². The van der Waals surface area contributed by atoms with Gasteiger partial charge in [0, 0.05) is 19.1 Å². The lowest BCUT2D eigenvalue weighted by Gasteiger charge is -2.32. The second-order valence-corrected chi connectivity index (χ2v) is 10.6. The Balaban J connectivity index is 1.45. The summed E-state index contributed by atoms with van der Waals surface area (Å²) in [5, 5.41) is 3.10. The molecule has 0 spiro atoms. The molecule has 0 saturated carbocycles. The topological polar surface area (TPSA) is 66.5 Å². The monoisotopic (exact) mass is 442 g/mol. The smallest absolute Gasteiger partial charge is 0.224 e. The highest BCUT2D eigenvalue weighted by atomic mass is 32.2. The van der Waals surface area contributed by atoms with E-state index in [1.807, 2.05) is 55.5 Å². The van der Waals surface area contributed by atoms with Gasteiger partial charge >= 0.3 is 0 Å². The average Bonchev–Trinajstić information content (AvgIpc) is 2.79. The molecule has 2 atom stereocenters. The van der Waals surface area contributed by atoms with Crippen molar-refractivity contribution in [3.8, 4) is 0 Å². The molecular formula is C25H34N2O3S. The number of sulfonamides is 1. The third-order valence-electron chi connectivity index (χ3n) is 5.96. The number of carbonyl (C=O) groups excluding carboxylic acids is 1. The minimum absolute atomic E-state index is 0.0234. The van der Waals surface area contributed by atoms with E-state index in [4.69, 9.17) is 0 Å². The lowest BCUT2D eigenvalue weighted by molar-refractivity contribution is -0.126. The summed E-state index contributed by atoms with van der Waals surface area (Å²) in [4.78, 5) is 12.8. The number of aryl methyl sites for hydroxylation is 2. The first-order valence-electron chi connectivity index (χ1n) is 11.3. The molecule has 2 aromatic rings. The molecule has 1 N–H and O–H groups in total. The van der Waals surface area contributed by atoms with Crippen LogP contribution in [0.3, 0.4) is 0 Å². The minimum Gasteiger partial charge on any atom is -0.353 e. The largest absolute Gasteiger partial charge is 0.353 e. The summed E-state index contributed by atoms with van der Waals surface area (Å²) in [6, 6.07) is 20.2. The van der Waals surface area contributed by atoms with Crippen molar-refractivity contribution in [2.75, 3.05) is 18.8 Å². The summed E-state index contributed by atoms with van der Waals surface area (Å²) >= 11 is 0. The lowest BCUT2D eigenvalue weighted by atomic mass is 9.98. The molecule has 5 nitrogen and oxygen atoms in total. The maximum atomic E-state index is 12.8. The van der Waals surface area contributed by atoms with E-state index < -0.39 is 10.0 Å². The molecule has 168 valence electrons. The Morgan fingerprint density at radius 3 is 2.29 bits per heavy atom. The number of nitrogens with one attached hydrogen (secondary N) is 1. The van der Waals surface area contributed by atoms with Crippen molar-refractivity contribution in [2.24, 2.45) is 5.92 Å². The Hall–Kier alpha value is -2.18. The summed E-state index contributed by atoms with van der Waals surface area (Å²) in [6.45, 7) is 2.83. The predicted octanol–water partition coefficient (Wildman–Crippen LogP) is 3.80. The summed E-state index contributed by atoms with van der Waals surface area (Å²) in [5.74, 6) is -0.162. The average molecular weight is 443 g/mol. The molecule has 0 aromatic heterocycles. The zero-order chi connectivity index (χ0) is 22.1. The number of piperidine rings is 1. The fourth-order valence-corrected chi connectivity index (χ4v) is 5.68. The van der Waals surface area contributed by atoms with Crippen molar-refractivity contribution in [3.05, 3.63) is 71.8 Å². The fraction of sp³-hybridized carbons (Fsp3) is 0.480. The second-order valence-electron chi connectivity index (χ2n) is 8.54. The molecule has 0 unspecified atom stereocenters. The van der Waals surface area contributed by atoms with Crippen molar-refractivity contribution < 1.29 is 13.2 Å². The number of hydrogen-bond acceptors (Lipinski definition) is 3. The van der Waals surface area contributed by atoms with Crippen LogP contribution in [0, 0.1) is 5.92 Å². The van der Waals surface area contributed by atoms with Crippen molar-refractivity contribution in [2.45, 2.75) is 51.5 Å². The van der Waals surface area contributed by atoms with Crippen LogP contribution in [0.15, 0.2) is 60.7 Å². The van der Waals surface area contributed by atoms with Crippen molar-refractivity contribution in [3.63, 3.8) is 0 Å². The van der Waals surface area contributed by atoms with Gasteiger partial charge in [0.2, 0.25) is 15.9 Å². The highest BCUT2D eigenvalue weighted by molar-refractivity contribution is 7.89. The van der Waals surface area contributed by atoms with Gasteiger partial charge in [0.15, 0.2) is 0 Å². The van der Waals surface area contributed by atoms with Crippen LogP contribution in [0.25, 0.3) is 0 Å². The third-order valence-corrected chi connectivity index (χ3v) is 7.88. The molecule has 2 aromatic carbocycles. The van der Waals surface area contributed by atoms with Gasteiger partial charge in [-0.3, -0.25) is 4.79 Å². The van der Waals surface area contributed by atoms with Gasteiger partial charge in [-0.25, -0.2) is 12.7 Å². The Labute approximate surface area is 186 Å². The van der Waals surface area contributed by atoms with Gasteiger partial charge in [-0.15, -0.1) is 0 Å². The minimum atomic E-state index is -3.34. The SMILES string of the molecule is C[C@@H](CCc1ccccc1)NC(=O)[C@H]1CCCN(S(=O)(=O)CCCc2ccccc2)C1. The van der Waals surface area contributed by atoms with Crippen LogP contribution in [0.4, 0.5) is 0 Å². The number of carbonyl (C=O) groups is 1. The molecule has 1 heterocycles. The summed E-state index contributed by atoms with van der Waals surface area (Å²) in [7, 11) is -3.34. The number of rotatable bonds is 10. The first kappa shape index (κ1) is 23.5. The molecule has 1 fully saturated rings. The maximum Gasteiger partial charge on any atom is 0.224 e. The molecular weight excluding hydrogens is 408 g/mol. The summed E-state index contributed by atoms with van der Waals surface area (Å²) in [6.07, 6.45) is 4.59. The fourth-order valence-electron chi connectivity index (χ4n) is 4.10. The number of benzene rings is 2. The standard InChI is InChI=1S/C25H34N2O3S/c1-21(16-17-23-12-6-3-7-13-23)26-25(28)24-15-8-18-27(20-24)31(29,30)19-9-14-22-10-4-2-5-11-22/h2-7,10-13,21,24H,8-9,14-20H2,1H3,(H,26,28)/t21-,24-/m0/s1. The number of hydrogen-bond donors (Lipinski definition) is 1. The van der Waals surface area contributed by atoms with E-state index in [9.17, 15) is 13.2 Å². The highest BCUT2D eigenvalue weighted by Gasteiger charge is 2.32. The quantitative estimate of drug-likeness (QED) is 0.609. The molecule has 1 amide bonds. The van der Waals surface area contributed by atoms with E-state index in [1.165, 1.54) is 9.87 Å². The van der Waals surface area contributed by atoms with Gasteiger partial charge in [-0.1, -0.05) is 60.7 Å². The van der Waals surface area contributed by atoms with Crippen molar-refractivity contribution in [1.29, 1.82) is 0 Å². The molecule has 3 rings (SSSR count). The first-order chi connectivity index (χ1) is 14.9. The van der Waals surface area contributed by atoms with E-state index in [0.717, 1.165) is 37.7 Å². The maximum absolute atomic E-state index is 12.8. The molecule has 0 bridgehead atoms. The van der Waals surface area contributed by atoms with E-state index in [2.05, 4.69) is 17.4 Å². The van der Waals surface area contributed by atoms with Gasteiger partial charge in [-0.2, -0.15) is 0 Å². The molecule has 1 aliphatic rings. The van der Waals surface area contributed by atoms with Crippen molar-refractivity contribution in [1.82, 2.24) is 9.62 Å². The second kappa shape index (κ2) is 11.4. The van der Waals surface area contributed by atoms with Gasteiger partial charge in [0.05, 0.1) is 11.7 Å².